The predicted octanol–water partition coefficient (Wildman–Crippen LogP) is 3.14. The number of carbonyl (C=O) groups excluding carboxylic acids is 1. The lowest BCUT2D eigenvalue weighted by Gasteiger charge is -1.96. The third-order valence-corrected chi connectivity index (χ3v) is 2.80. The standard InChI is InChI=1S/C15H14N4O/c1-11(12-5-3-2-4-6-12)17-19-18-15(20)13-7-9-14(16)10-8-13/h2-11H,1H3,(H-,16,20)/p+1. The van der Waals surface area contributed by atoms with Gasteiger partial charge in [-0.25, -0.2) is 0 Å². The van der Waals surface area contributed by atoms with Crippen LogP contribution in [0.25, 0.3) is 0 Å². The fraction of sp³-hybridized carbons (Fsp3) is 0.133. The van der Waals surface area contributed by atoms with Crippen LogP contribution in [0.3, 0.4) is 0 Å². The van der Waals surface area contributed by atoms with Gasteiger partial charge in [-0.2, -0.15) is 0 Å². The van der Waals surface area contributed by atoms with E-state index in [0.29, 0.717) is 11.3 Å². The molecular weight excluding hydrogens is 252 g/mol. The van der Waals surface area contributed by atoms with Crippen LogP contribution in [-0.4, -0.2) is 5.91 Å². The van der Waals surface area contributed by atoms with Crippen molar-refractivity contribution in [2.75, 3.05) is 5.73 Å². The topological polar surface area (TPSA) is 81.9 Å². The minimum Gasteiger partial charge on any atom is -0.399 e. The molecule has 1 atom stereocenters. The van der Waals surface area contributed by atoms with Gasteiger partial charge < -0.3 is 5.73 Å². The molecule has 0 spiro atoms. The fourth-order valence-corrected chi connectivity index (χ4v) is 1.63. The van der Waals surface area contributed by atoms with Crippen LogP contribution in [0, 0.1) is 0 Å². The van der Waals surface area contributed by atoms with Gasteiger partial charge in [-0.15, -0.1) is 0 Å². The molecule has 2 N–H and O–H groups in total. The summed E-state index contributed by atoms with van der Waals surface area (Å²) in [5.74, 6) is -0.436. The molecule has 0 aliphatic rings. The van der Waals surface area contributed by atoms with E-state index in [9.17, 15) is 4.79 Å². The van der Waals surface area contributed by atoms with E-state index in [1.807, 2.05) is 37.3 Å². The number of rotatable bonds is 3. The SMILES string of the molecule is CC(N=[N+]=NC(=O)c1ccc(N)cc1)c1ccccc1. The molecule has 1 amide bonds. The largest absolute Gasteiger partial charge is 0.399 e. The molecule has 0 heterocycles. The Kier molecular flexibility index (Phi) is 4.37. The van der Waals surface area contributed by atoms with Crippen molar-refractivity contribution < 1.29 is 4.79 Å². The molecule has 5 heteroatoms. The first-order valence-corrected chi connectivity index (χ1v) is 6.22. The summed E-state index contributed by atoms with van der Waals surface area (Å²) in [6.45, 7) is 1.89. The van der Waals surface area contributed by atoms with Crippen molar-refractivity contribution in [1.82, 2.24) is 4.91 Å². The molecule has 2 rings (SSSR count). The number of nitrogens with zero attached hydrogens (tertiary/aromatic N) is 3. The van der Waals surface area contributed by atoms with Crippen molar-refractivity contribution in [2.45, 2.75) is 13.0 Å². The summed E-state index contributed by atoms with van der Waals surface area (Å²) < 4.78 is 0. The van der Waals surface area contributed by atoms with Gasteiger partial charge in [0.1, 0.15) is 5.11 Å². The average Bonchev–Trinajstić information content (AvgIpc) is 2.48. The Balaban J connectivity index is 2.07. The van der Waals surface area contributed by atoms with Crippen molar-refractivity contribution >= 4 is 11.6 Å². The van der Waals surface area contributed by atoms with E-state index in [2.05, 4.69) is 15.1 Å². The maximum atomic E-state index is 11.7. The Hall–Kier alpha value is -2.78. The van der Waals surface area contributed by atoms with E-state index < -0.39 is 5.91 Å². The molecule has 0 saturated carbocycles. The number of anilines is 1. The van der Waals surface area contributed by atoms with E-state index in [-0.39, 0.29) is 6.04 Å². The van der Waals surface area contributed by atoms with Gasteiger partial charge in [0.15, 0.2) is 6.04 Å². The van der Waals surface area contributed by atoms with Gasteiger partial charge in [-0.1, -0.05) is 30.3 Å². The van der Waals surface area contributed by atoms with Gasteiger partial charge in [-0.05, 0) is 36.8 Å². The van der Waals surface area contributed by atoms with Crippen LogP contribution in [0.1, 0.15) is 28.9 Å². The minimum absolute atomic E-state index is 0.140. The van der Waals surface area contributed by atoms with Gasteiger partial charge in [0.05, 0.1) is 0 Å². The van der Waals surface area contributed by atoms with Crippen LogP contribution >= 0.6 is 0 Å². The summed E-state index contributed by atoms with van der Waals surface area (Å²) in [4.78, 5) is 15.3. The average molecular weight is 267 g/mol. The van der Waals surface area contributed by atoms with Gasteiger partial charge in [0.25, 0.3) is 0 Å². The molecule has 20 heavy (non-hydrogen) atoms. The molecule has 0 aliphatic carbocycles. The van der Waals surface area contributed by atoms with Crippen LogP contribution in [0.2, 0.25) is 0 Å². The zero-order chi connectivity index (χ0) is 14.4. The molecule has 0 bridgehead atoms. The monoisotopic (exact) mass is 267 g/mol. The highest BCUT2D eigenvalue weighted by molar-refractivity contribution is 5.94. The number of amides is 1. The maximum absolute atomic E-state index is 11.7. The van der Waals surface area contributed by atoms with Gasteiger partial charge >= 0.3 is 5.91 Å². The quantitative estimate of drug-likeness (QED) is 0.526. The number of nitrogen functional groups attached to an aromatic ring is 1. The molecule has 0 aliphatic heterocycles. The third-order valence-electron chi connectivity index (χ3n) is 2.80. The Morgan fingerprint density at radius 3 is 2.40 bits per heavy atom. The molecule has 100 valence electrons. The number of hydrogen-bond donors (Lipinski definition) is 1. The summed E-state index contributed by atoms with van der Waals surface area (Å²) >= 11 is 0. The van der Waals surface area contributed by atoms with Crippen LogP contribution in [0.15, 0.2) is 64.8 Å². The first-order valence-electron chi connectivity index (χ1n) is 6.22. The van der Waals surface area contributed by atoms with Crippen molar-refractivity contribution in [3.8, 4) is 0 Å². The Morgan fingerprint density at radius 1 is 1.10 bits per heavy atom. The first-order chi connectivity index (χ1) is 9.66. The second-order valence-corrected chi connectivity index (χ2v) is 4.32. The number of hydrogen-bond acceptors (Lipinski definition) is 3. The van der Waals surface area contributed by atoms with Crippen LogP contribution < -0.4 is 10.6 Å². The Bertz CT molecular complexity index is 643. The lowest BCUT2D eigenvalue weighted by molar-refractivity contribution is 0.0992. The number of benzene rings is 2. The van der Waals surface area contributed by atoms with E-state index in [1.165, 1.54) is 0 Å². The van der Waals surface area contributed by atoms with E-state index in [0.717, 1.165) is 5.56 Å². The molecule has 0 radical (unpaired) electrons. The Morgan fingerprint density at radius 2 is 1.75 bits per heavy atom. The van der Waals surface area contributed by atoms with Crippen molar-refractivity contribution in [2.24, 2.45) is 10.2 Å². The Labute approximate surface area is 116 Å². The van der Waals surface area contributed by atoms with E-state index >= 15 is 0 Å². The lowest BCUT2D eigenvalue weighted by Crippen LogP contribution is -1.96. The normalized spacial score (nSPS) is 11.2. The smallest absolute Gasteiger partial charge is 0.360 e. The van der Waals surface area contributed by atoms with Gasteiger partial charge in [-0.3, -0.25) is 4.79 Å². The molecule has 1 unspecified atom stereocenters. The minimum atomic E-state index is -0.436. The van der Waals surface area contributed by atoms with Crippen LogP contribution in [0.5, 0.6) is 0 Å². The van der Waals surface area contributed by atoms with Crippen molar-refractivity contribution in [3.63, 3.8) is 0 Å². The fourth-order valence-electron chi connectivity index (χ4n) is 1.63. The molecule has 5 nitrogen and oxygen atoms in total. The van der Waals surface area contributed by atoms with Crippen LogP contribution in [-0.2, 0) is 0 Å². The summed E-state index contributed by atoms with van der Waals surface area (Å²) in [6, 6.07) is 16.1. The highest BCUT2D eigenvalue weighted by Gasteiger charge is 2.11. The maximum Gasteiger partial charge on any atom is 0.360 e. The molecular formula is C15H15N4O+. The van der Waals surface area contributed by atoms with Crippen LogP contribution in [0.4, 0.5) is 5.69 Å². The highest BCUT2D eigenvalue weighted by Crippen LogP contribution is 2.14. The lowest BCUT2D eigenvalue weighted by atomic mass is 10.1. The van der Waals surface area contributed by atoms with Gasteiger partial charge in [0, 0.05) is 11.3 Å². The van der Waals surface area contributed by atoms with Gasteiger partial charge in [0.2, 0.25) is 10.0 Å². The van der Waals surface area contributed by atoms with E-state index in [1.54, 1.807) is 24.3 Å². The van der Waals surface area contributed by atoms with Crippen molar-refractivity contribution in [3.05, 3.63) is 65.7 Å². The van der Waals surface area contributed by atoms with Crippen molar-refractivity contribution in [1.29, 1.82) is 0 Å². The number of carbonyl (C=O) groups is 1. The third kappa shape index (κ3) is 3.60. The summed E-state index contributed by atoms with van der Waals surface area (Å²) in [7, 11) is 0. The molecule has 0 saturated heterocycles. The summed E-state index contributed by atoms with van der Waals surface area (Å²) in [5.41, 5.74) is 7.60. The van der Waals surface area contributed by atoms with E-state index in [4.69, 9.17) is 5.73 Å². The number of nitrogens with two attached hydrogens (primary N) is 1. The zero-order valence-corrected chi connectivity index (χ0v) is 11.1. The molecule has 0 fully saturated rings. The predicted molar refractivity (Wildman–Crippen MR) is 77.0 cm³/mol. The highest BCUT2D eigenvalue weighted by atomic mass is 16.1. The summed E-state index contributed by atoms with van der Waals surface area (Å²) in [6.07, 6.45) is 0. The zero-order valence-electron chi connectivity index (χ0n) is 11.1. The second-order valence-electron chi connectivity index (χ2n) is 4.32. The molecule has 2 aromatic rings. The first kappa shape index (κ1) is 13.6. The molecule has 0 aromatic heterocycles. The molecule has 2 aromatic carbocycles. The summed E-state index contributed by atoms with van der Waals surface area (Å²) in [5, 5.41) is 7.56. The second kappa shape index (κ2) is 6.41.